The van der Waals surface area contributed by atoms with Gasteiger partial charge < -0.3 is 5.73 Å². The molecule has 0 rings (SSSR count). The van der Waals surface area contributed by atoms with E-state index in [0.29, 0.717) is 0 Å². The lowest BCUT2D eigenvalue weighted by molar-refractivity contribution is 0.186. The van der Waals surface area contributed by atoms with Gasteiger partial charge in [0.25, 0.3) is 0 Å². The Balaban J connectivity index is 3.47. The molecule has 0 saturated heterocycles. The molecule has 0 aliphatic carbocycles. The van der Waals surface area contributed by atoms with Crippen LogP contribution in [-0.2, 0) is 0 Å². The molecule has 248 valence electrons. The summed E-state index contributed by atoms with van der Waals surface area (Å²) < 4.78 is 0. The second-order valence-electron chi connectivity index (χ2n) is 13.6. The Morgan fingerprint density at radius 3 is 0.707 bits per heavy atom. The van der Waals surface area contributed by atoms with Crippen molar-refractivity contribution in [2.45, 2.75) is 239 Å². The number of nitrogens with zero attached hydrogens (tertiary/aromatic N) is 1. The minimum Gasteiger partial charge on any atom is -0.316 e. The third-order valence-corrected chi connectivity index (χ3v) is 9.49. The summed E-state index contributed by atoms with van der Waals surface area (Å²) in [6.45, 7) is 9.29. The number of rotatable bonds is 36. The van der Waals surface area contributed by atoms with Gasteiger partial charge in [0, 0.05) is 0 Å². The third-order valence-electron chi connectivity index (χ3n) is 9.49. The topological polar surface area (TPSA) is 29.3 Å². The number of hydrogen-bond acceptors (Lipinski definition) is 2. The van der Waals surface area contributed by atoms with Crippen LogP contribution in [0.2, 0.25) is 0 Å². The largest absolute Gasteiger partial charge is 0.316 e. The van der Waals surface area contributed by atoms with Crippen LogP contribution in [0, 0.1) is 0 Å². The summed E-state index contributed by atoms with van der Waals surface area (Å²) in [6, 6.07) is 0. The van der Waals surface area contributed by atoms with E-state index in [1.165, 1.54) is 219 Å². The lowest BCUT2D eigenvalue weighted by Gasteiger charge is -2.28. The number of hydrogen-bond donors (Lipinski definition) is 1. The molecular weight excluding hydrogens is 496 g/mol. The van der Waals surface area contributed by atoms with Crippen LogP contribution in [0.3, 0.4) is 0 Å². The number of nitrogens with two attached hydrogens (primary N) is 1. The van der Waals surface area contributed by atoms with E-state index in [2.05, 4.69) is 25.7 Å². The van der Waals surface area contributed by atoms with Crippen LogP contribution in [-0.4, -0.2) is 24.2 Å². The van der Waals surface area contributed by atoms with Crippen LogP contribution < -0.4 is 5.73 Å². The van der Waals surface area contributed by atoms with Crippen molar-refractivity contribution in [1.82, 2.24) is 4.90 Å². The first-order valence-corrected chi connectivity index (χ1v) is 19.8. The summed E-state index contributed by atoms with van der Waals surface area (Å²) in [6.07, 6.45) is 47.5. The first-order chi connectivity index (χ1) is 20.3. The van der Waals surface area contributed by atoms with Crippen molar-refractivity contribution in [2.24, 2.45) is 5.73 Å². The molecule has 0 bridgehead atoms. The Bertz CT molecular complexity index is 415. The minimum absolute atomic E-state index is 0.266. The van der Waals surface area contributed by atoms with Crippen molar-refractivity contribution in [1.29, 1.82) is 0 Å². The summed E-state index contributed by atoms with van der Waals surface area (Å²) in [5, 5.41) is 0. The molecule has 1 atom stereocenters. The molecule has 0 saturated carbocycles. The van der Waals surface area contributed by atoms with Gasteiger partial charge in [0.2, 0.25) is 0 Å². The van der Waals surface area contributed by atoms with Gasteiger partial charge in [0.15, 0.2) is 0 Å². The first-order valence-electron chi connectivity index (χ1n) is 19.8. The van der Waals surface area contributed by atoms with Crippen LogP contribution in [0.25, 0.3) is 0 Å². The SMILES string of the molecule is CCCCCCCCCCCCCCCCCCN(CCCCCCCCCCCCCCCCCC)C(N)CC. The van der Waals surface area contributed by atoms with Gasteiger partial charge in [0.05, 0.1) is 6.17 Å². The standard InChI is InChI=1S/C39H82N2/c1-4-7-9-11-13-15-17-19-21-23-25-27-29-31-33-35-37-41(39(40)6-3)38-36-34-32-30-28-26-24-22-20-18-16-14-12-10-8-5-2/h39H,4-38,40H2,1-3H3. The molecule has 2 heteroatoms. The quantitative estimate of drug-likeness (QED) is 0.0591. The summed E-state index contributed by atoms with van der Waals surface area (Å²) in [4.78, 5) is 2.59. The summed E-state index contributed by atoms with van der Waals surface area (Å²) in [5.74, 6) is 0. The van der Waals surface area contributed by atoms with E-state index >= 15 is 0 Å². The Labute approximate surface area is 262 Å². The van der Waals surface area contributed by atoms with Crippen molar-refractivity contribution in [3.63, 3.8) is 0 Å². The third kappa shape index (κ3) is 32.7. The summed E-state index contributed by atoms with van der Waals surface area (Å²) >= 11 is 0. The van der Waals surface area contributed by atoms with Crippen LogP contribution in [0.5, 0.6) is 0 Å². The van der Waals surface area contributed by atoms with Gasteiger partial charge in [-0.2, -0.15) is 0 Å². The Morgan fingerprint density at radius 1 is 0.317 bits per heavy atom. The Hall–Kier alpha value is -0.0800. The second kappa shape index (κ2) is 36.1. The molecule has 0 aromatic rings. The summed E-state index contributed by atoms with van der Waals surface area (Å²) in [5.41, 5.74) is 6.48. The lowest BCUT2D eigenvalue weighted by atomic mass is 10.0. The van der Waals surface area contributed by atoms with E-state index in [1.807, 2.05) is 0 Å². The molecule has 1 unspecified atom stereocenters. The zero-order valence-electron chi connectivity index (χ0n) is 29.4. The minimum atomic E-state index is 0.266. The Morgan fingerprint density at radius 2 is 0.512 bits per heavy atom. The normalized spacial score (nSPS) is 12.5. The maximum absolute atomic E-state index is 6.48. The molecule has 0 aromatic carbocycles. The van der Waals surface area contributed by atoms with Crippen LogP contribution >= 0.6 is 0 Å². The van der Waals surface area contributed by atoms with Gasteiger partial charge in [-0.15, -0.1) is 0 Å². The molecule has 0 aliphatic rings. The van der Waals surface area contributed by atoms with Gasteiger partial charge in [-0.3, -0.25) is 4.90 Å². The zero-order chi connectivity index (χ0) is 29.9. The average Bonchev–Trinajstić information content (AvgIpc) is 2.99. The highest BCUT2D eigenvalue weighted by molar-refractivity contribution is 4.65. The Kier molecular flexibility index (Phi) is 36.0. The van der Waals surface area contributed by atoms with E-state index in [-0.39, 0.29) is 6.17 Å². The highest BCUT2D eigenvalue weighted by Crippen LogP contribution is 2.16. The molecule has 2 N–H and O–H groups in total. The lowest BCUT2D eigenvalue weighted by Crippen LogP contribution is -2.42. The monoisotopic (exact) mass is 579 g/mol. The van der Waals surface area contributed by atoms with E-state index in [1.54, 1.807) is 0 Å². The summed E-state index contributed by atoms with van der Waals surface area (Å²) in [7, 11) is 0. The molecule has 0 aliphatic heterocycles. The highest BCUT2D eigenvalue weighted by Gasteiger charge is 2.11. The average molecular weight is 579 g/mol. The maximum atomic E-state index is 6.48. The molecule has 0 radical (unpaired) electrons. The smallest absolute Gasteiger partial charge is 0.0569 e. The van der Waals surface area contributed by atoms with Crippen molar-refractivity contribution >= 4 is 0 Å². The van der Waals surface area contributed by atoms with Gasteiger partial charge in [-0.25, -0.2) is 0 Å². The molecule has 0 aromatic heterocycles. The fourth-order valence-corrected chi connectivity index (χ4v) is 6.43. The van der Waals surface area contributed by atoms with Crippen molar-refractivity contribution < 1.29 is 0 Å². The van der Waals surface area contributed by atoms with E-state index in [4.69, 9.17) is 5.73 Å². The van der Waals surface area contributed by atoms with Crippen molar-refractivity contribution in [3.8, 4) is 0 Å². The van der Waals surface area contributed by atoms with Crippen LogP contribution in [0.1, 0.15) is 233 Å². The molecule has 0 heterocycles. The number of unbranched alkanes of at least 4 members (excludes halogenated alkanes) is 30. The predicted octanol–water partition coefficient (Wildman–Crippen LogP) is 13.5. The van der Waals surface area contributed by atoms with Gasteiger partial charge >= 0.3 is 0 Å². The van der Waals surface area contributed by atoms with Gasteiger partial charge in [0.1, 0.15) is 0 Å². The highest BCUT2D eigenvalue weighted by atomic mass is 15.2. The molecule has 2 nitrogen and oxygen atoms in total. The molecule has 0 fully saturated rings. The first kappa shape index (κ1) is 40.9. The molecule has 41 heavy (non-hydrogen) atoms. The van der Waals surface area contributed by atoms with Gasteiger partial charge in [-0.1, -0.05) is 213 Å². The van der Waals surface area contributed by atoms with E-state index in [0.717, 1.165) is 6.42 Å². The van der Waals surface area contributed by atoms with Crippen LogP contribution in [0.4, 0.5) is 0 Å². The molecule has 0 amide bonds. The van der Waals surface area contributed by atoms with E-state index in [9.17, 15) is 0 Å². The predicted molar refractivity (Wildman–Crippen MR) is 189 cm³/mol. The van der Waals surface area contributed by atoms with Crippen molar-refractivity contribution in [2.75, 3.05) is 13.1 Å². The van der Waals surface area contributed by atoms with Gasteiger partial charge in [-0.05, 0) is 32.4 Å². The zero-order valence-corrected chi connectivity index (χ0v) is 29.4. The second-order valence-corrected chi connectivity index (χ2v) is 13.6. The fraction of sp³-hybridized carbons (Fsp3) is 1.00. The molecule has 0 spiro atoms. The van der Waals surface area contributed by atoms with E-state index < -0.39 is 0 Å². The maximum Gasteiger partial charge on any atom is 0.0569 e. The van der Waals surface area contributed by atoms with Crippen LogP contribution in [0.15, 0.2) is 0 Å². The fourth-order valence-electron chi connectivity index (χ4n) is 6.43. The molecular formula is C39H82N2. The van der Waals surface area contributed by atoms with Crippen molar-refractivity contribution in [3.05, 3.63) is 0 Å².